The number of aromatic nitrogens is 2. The second kappa shape index (κ2) is 7.43. The molecule has 0 aliphatic rings. The maximum atomic E-state index is 12.1. The van der Waals surface area contributed by atoms with E-state index in [0.29, 0.717) is 13.0 Å². The van der Waals surface area contributed by atoms with Gasteiger partial charge in [0, 0.05) is 18.3 Å². The largest absolute Gasteiger partial charge is 0.355 e. The Bertz CT molecular complexity index is 955. The molecule has 0 radical (unpaired) electrons. The third-order valence-corrected chi connectivity index (χ3v) is 6.65. The van der Waals surface area contributed by atoms with Crippen molar-refractivity contribution in [3.8, 4) is 9.88 Å². The standard InChI is InChI=1S/C18H15N3OS3/c22-16(10-12-11-24-18(20-12)15-6-3-9-23-15)19-8-7-17-21-13-4-1-2-5-14(13)25-17/h1-6,9,11H,7-8,10H2,(H,19,22). The van der Waals surface area contributed by atoms with Crippen LogP contribution in [-0.2, 0) is 17.6 Å². The van der Waals surface area contributed by atoms with Crippen molar-refractivity contribution in [1.82, 2.24) is 15.3 Å². The zero-order valence-electron chi connectivity index (χ0n) is 13.3. The first kappa shape index (κ1) is 16.4. The number of amides is 1. The number of carbonyl (C=O) groups excluding carboxylic acids is 1. The predicted octanol–water partition coefficient (Wildman–Crippen LogP) is 4.38. The number of rotatable bonds is 6. The molecule has 0 aliphatic carbocycles. The van der Waals surface area contributed by atoms with Gasteiger partial charge in [0.2, 0.25) is 5.91 Å². The van der Waals surface area contributed by atoms with Crippen LogP contribution in [0.1, 0.15) is 10.7 Å². The van der Waals surface area contributed by atoms with Crippen LogP contribution in [0.25, 0.3) is 20.1 Å². The van der Waals surface area contributed by atoms with Crippen molar-refractivity contribution in [2.45, 2.75) is 12.8 Å². The summed E-state index contributed by atoms with van der Waals surface area (Å²) in [6.07, 6.45) is 1.07. The van der Waals surface area contributed by atoms with Crippen LogP contribution in [-0.4, -0.2) is 22.4 Å². The van der Waals surface area contributed by atoms with Crippen molar-refractivity contribution in [2.75, 3.05) is 6.54 Å². The molecule has 25 heavy (non-hydrogen) atoms. The highest BCUT2D eigenvalue weighted by Crippen LogP contribution is 2.27. The van der Waals surface area contributed by atoms with Gasteiger partial charge in [0.05, 0.1) is 32.2 Å². The summed E-state index contributed by atoms with van der Waals surface area (Å²) in [5, 5.41) is 8.99. The van der Waals surface area contributed by atoms with Gasteiger partial charge in [0.1, 0.15) is 5.01 Å². The molecule has 3 aromatic heterocycles. The summed E-state index contributed by atoms with van der Waals surface area (Å²) < 4.78 is 1.19. The van der Waals surface area contributed by atoms with E-state index < -0.39 is 0 Å². The molecule has 4 aromatic rings. The van der Waals surface area contributed by atoms with E-state index in [4.69, 9.17) is 0 Å². The van der Waals surface area contributed by atoms with Crippen LogP contribution in [0.3, 0.4) is 0 Å². The highest BCUT2D eigenvalue weighted by Gasteiger charge is 2.10. The van der Waals surface area contributed by atoms with E-state index in [1.54, 1.807) is 34.0 Å². The Morgan fingerprint density at radius 3 is 2.84 bits per heavy atom. The number of thiazole rings is 2. The van der Waals surface area contributed by atoms with Gasteiger partial charge in [-0.05, 0) is 23.6 Å². The molecule has 1 aromatic carbocycles. The zero-order valence-corrected chi connectivity index (χ0v) is 15.7. The fourth-order valence-electron chi connectivity index (χ4n) is 2.46. The van der Waals surface area contributed by atoms with E-state index in [0.717, 1.165) is 32.5 Å². The molecule has 0 spiro atoms. The van der Waals surface area contributed by atoms with E-state index in [9.17, 15) is 4.79 Å². The smallest absolute Gasteiger partial charge is 0.226 e. The number of hydrogen-bond acceptors (Lipinski definition) is 6. The van der Waals surface area contributed by atoms with Crippen LogP contribution in [0, 0.1) is 0 Å². The molecule has 0 aliphatic heterocycles. The Balaban J connectivity index is 1.29. The molecule has 0 fully saturated rings. The van der Waals surface area contributed by atoms with Crippen molar-refractivity contribution >= 4 is 50.1 Å². The Morgan fingerprint density at radius 2 is 2.00 bits per heavy atom. The first-order chi connectivity index (χ1) is 12.3. The molecule has 0 unspecified atom stereocenters. The lowest BCUT2D eigenvalue weighted by Crippen LogP contribution is -2.27. The van der Waals surface area contributed by atoms with Gasteiger partial charge in [-0.15, -0.1) is 34.0 Å². The van der Waals surface area contributed by atoms with Crippen molar-refractivity contribution in [3.05, 3.63) is 57.9 Å². The molecule has 1 amide bonds. The van der Waals surface area contributed by atoms with Gasteiger partial charge in [-0.2, -0.15) is 0 Å². The summed E-state index contributed by atoms with van der Waals surface area (Å²) in [7, 11) is 0. The average molecular weight is 386 g/mol. The van der Waals surface area contributed by atoms with E-state index in [1.165, 1.54) is 4.70 Å². The van der Waals surface area contributed by atoms with E-state index in [1.807, 2.05) is 41.1 Å². The summed E-state index contributed by atoms with van der Waals surface area (Å²) in [5.41, 5.74) is 1.85. The normalized spacial score (nSPS) is 11.0. The van der Waals surface area contributed by atoms with Gasteiger partial charge in [-0.25, -0.2) is 9.97 Å². The molecule has 0 atom stereocenters. The lowest BCUT2D eigenvalue weighted by Gasteiger charge is -2.02. The number of para-hydroxylation sites is 1. The van der Waals surface area contributed by atoms with Crippen molar-refractivity contribution in [2.24, 2.45) is 0 Å². The third-order valence-electron chi connectivity index (χ3n) is 3.62. The average Bonchev–Trinajstić information content (AvgIpc) is 3.34. The molecule has 1 N–H and O–H groups in total. The Labute approximate surface area is 157 Å². The fourth-order valence-corrected chi connectivity index (χ4v) is 5.07. The SMILES string of the molecule is O=C(Cc1csc(-c2cccs2)n1)NCCc1nc2ccccc2s1. The van der Waals surface area contributed by atoms with Crippen LogP contribution in [0.5, 0.6) is 0 Å². The molecule has 7 heteroatoms. The van der Waals surface area contributed by atoms with Gasteiger partial charge >= 0.3 is 0 Å². The molecular formula is C18H15N3OS3. The van der Waals surface area contributed by atoms with Gasteiger partial charge in [-0.3, -0.25) is 4.79 Å². The second-order valence-corrected chi connectivity index (χ2v) is 8.39. The highest BCUT2D eigenvalue weighted by atomic mass is 32.1. The number of thiophene rings is 1. The first-order valence-electron chi connectivity index (χ1n) is 7.87. The van der Waals surface area contributed by atoms with Gasteiger partial charge < -0.3 is 5.32 Å². The number of nitrogens with zero attached hydrogens (tertiary/aromatic N) is 2. The Morgan fingerprint density at radius 1 is 1.08 bits per heavy atom. The number of benzene rings is 1. The van der Waals surface area contributed by atoms with Crippen molar-refractivity contribution in [1.29, 1.82) is 0 Å². The minimum atomic E-state index is 0.00383. The summed E-state index contributed by atoms with van der Waals surface area (Å²) in [6, 6.07) is 12.2. The van der Waals surface area contributed by atoms with Crippen LogP contribution in [0.15, 0.2) is 47.2 Å². The molecule has 4 rings (SSSR count). The van der Waals surface area contributed by atoms with Crippen LogP contribution < -0.4 is 5.32 Å². The molecule has 0 saturated carbocycles. The topological polar surface area (TPSA) is 54.9 Å². The summed E-state index contributed by atoms with van der Waals surface area (Å²) in [4.78, 5) is 22.4. The fraction of sp³-hybridized carbons (Fsp3) is 0.167. The number of hydrogen-bond donors (Lipinski definition) is 1. The Hall–Kier alpha value is -2.09. The maximum Gasteiger partial charge on any atom is 0.226 e. The molecule has 0 bridgehead atoms. The van der Waals surface area contributed by atoms with Gasteiger partial charge in [0.15, 0.2) is 0 Å². The van der Waals surface area contributed by atoms with Crippen LogP contribution >= 0.6 is 34.0 Å². The maximum absolute atomic E-state index is 12.1. The second-order valence-electron chi connectivity index (χ2n) is 5.47. The van der Waals surface area contributed by atoms with E-state index in [2.05, 4.69) is 21.4 Å². The summed E-state index contributed by atoms with van der Waals surface area (Å²) >= 11 is 4.93. The van der Waals surface area contributed by atoms with E-state index >= 15 is 0 Å². The summed E-state index contributed by atoms with van der Waals surface area (Å²) in [5.74, 6) is 0.00383. The first-order valence-corrected chi connectivity index (χ1v) is 10.4. The molecule has 3 heterocycles. The van der Waals surface area contributed by atoms with E-state index in [-0.39, 0.29) is 5.91 Å². The third kappa shape index (κ3) is 3.95. The molecule has 4 nitrogen and oxygen atoms in total. The van der Waals surface area contributed by atoms with Crippen LogP contribution in [0.2, 0.25) is 0 Å². The zero-order chi connectivity index (χ0) is 17.1. The lowest BCUT2D eigenvalue weighted by molar-refractivity contribution is -0.120. The Kier molecular flexibility index (Phi) is 4.87. The number of fused-ring (bicyclic) bond motifs is 1. The van der Waals surface area contributed by atoms with Crippen molar-refractivity contribution in [3.63, 3.8) is 0 Å². The van der Waals surface area contributed by atoms with Gasteiger partial charge in [0.25, 0.3) is 0 Å². The predicted molar refractivity (Wildman–Crippen MR) is 105 cm³/mol. The van der Waals surface area contributed by atoms with Gasteiger partial charge in [-0.1, -0.05) is 18.2 Å². The minimum Gasteiger partial charge on any atom is -0.355 e. The molecular weight excluding hydrogens is 370 g/mol. The number of carbonyl (C=O) groups is 1. The van der Waals surface area contributed by atoms with Crippen molar-refractivity contribution < 1.29 is 4.79 Å². The quantitative estimate of drug-likeness (QED) is 0.536. The molecule has 126 valence electrons. The monoisotopic (exact) mass is 385 g/mol. The summed E-state index contributed by atoms with van der Waals surface area (Å²) in [6.45, 7) is 0.598. The minimum absolute atomic E-state index is 0.00383. The molecule has 0 saturated heterocycles. The highest BCUT2D eigenvalue weighted by molar-refractivity contribution is 7.20. The lowest BCUT2D eigenvalue weighted by atomic mass is 10.3. The number of nitrogens with one attached hydrogen (secondary N) is 1. The van der Waals surface area contributed by atoms with Crippen LogP contribution in [0.4, 0.5) is 0 Å².